The summed E-state index contributed by atoms with van der Waals surface area (Å²) >= 11 is 0. The molecule has 0 unspecified atom stereocenters. The molecule has 0 radical (unpaired) electrons. The molecule has 112 valence electrons. The Morgan fingerprint density at radius 2 is 1.86 bits per heavy atom. The Hall–Kier alpha value is -2.46. The normalized spacial score (nSPS) is 11.2. The quantitative estimate of drug-likeness (QED) is 0.752. The van der Waals surface area contributed by atoms with Gasteiger partial charge in [0.2, 0.25) is 5.91 Å². The van der Waals surface area contributed by atoms with E-state index in [1.165, 1.54) is 0 Å². The summed E-state index contributed by atoms with van der Waals surface area (Å²) in [6.07, 6.45) is 0. The van der Waals surface area contributed by atoms with Gasteiger partial charge < -0.3 is 10.2 Å². The van der Waals surface area contributed by atoms with E-state index in [1.54, 1.807) is 0 Å². The fourth-order valence-corrected chi connectivity index (χ4v) is 2.54. The third-order valence-corrected chi connectivity index (χ3v) is 3.57. The van der Waals surface area contributed by atoms with Crippen molar-refractivity contribution < 1.29 is 4.79 Å². The maximum Gasteiger partial charge on any atom is 0.234 e. The van der Waals surface area contributed by atoms with Crippen LogP contribution >= 0.6 is 0 Å². The van der Waals surface area contributed by atoms with Gasteiger partial charge in [0.25, 0.3) is 0 Å². The van der Waals surface area contributed by atoms with Gasteiger partial charge in [0, 0.05) is 17.3 Å². The summed E-state index contributed by atoms with van der Waals surface area (Å²) in [5.41, 5.74) is 2.96. The van der Waals surface area contributed by atoms with E-state index in [1.807, 2.05) is 49.3 Å². The highest BCUT2D eigenvalue weighted by molar-refractivity contribution is 5.94. The summed E-state index contributed by atoms with van der Waals surface area (Å²) in [5, 5.41) is 5.17. The van der Waals surface area contributed by atoms with Gasteiger partial charge in [-0.25, -0.2) is 4.98 Å². The first-order valence-electron chi connectivity index (χ1n) is 7.32. The number of fused-ring (bicyclic) bond motifs is 2. The van der Waals surface area contributed by atoms with Crippen LogP contribution in [0.15, 0.2) is 48.5 Å². The number of amides is 1. The van der Waals surface area contributed by atoms with Gasteiger partial charge >= 0.3 is 0 Å². The van der Waals surface area contributed by atoms with Crippen LogP contribution in [0.4, 0.5) is 0 Å². The van der Waals surface area contributed by atoms with Gasteiger partial charge in [-0.2, -0.15) is 0 Å². The Kier molecular flexibility index (Phi) is 4.02. The van der Waals surface area contributed by atoms with E-state index >= 15 is 0 Å². The number of carbonyl (C=O) groups is 1. The van der Waals surface area contributed by atoms with Gasteiger partial charge in [0.15, 0.2) is 0 Å². The third-order valence-electron chi connectivity index (χ3n) is 3.57. The van der Waals surface area contributed by atoms with Gasteiger partial charge in [0.05, 0.1) is 17.6 Å². The lowest BCUT2D eigenvalue weighted by Gasteiger charge is -2.11. The number of likely N-dealkylation sites (N-methyl/N-ethyl adjacent to an activating group) is 1. The number of carbonyl (C=O) groups excluding carboxylic acids is 1. The van der Waals surface area contributed by atoms with Crippen LogP contribution in [0, 0.1) is 0 Å². The summed E-state index contributed by atoms with van der Waals surface area (Å²) in [6, 6.07) is 16.3. The molecular formula is C18H19N3O. The molecule has 0 aliphatic carbocycles. The van der Waals surface area contributed by atoms with Crippen LogP contribution in [0.25, 0.3) is 21.8 Å². The standard InChI is InChI=1S/C18H19N3O/c1-21(2)12-17(22)19-11-15-8-5-7-14-10-13-6-3-4-9-16(13)20-18(14)15/h3-10H,11-12H2,1-2H3,(H,19,22). The number of nitrogens with zero attached hydrogens (tertiary/aromatic N) is 2. The molecule has 1 heterocycles. The Morgan fingerprint density at radius 1 is 1.09 bits per heavy atom. The first-order valence-corrected chi connectivity index (χ1v) is 7.32. The van der Waals surface area contributed by atoms with Crippen LogP contribution in [-0.2, 0) is 11.3 Å². The second-order valence-electron chi connectivity index (χ2n) is 5.68. The van der Waals surface area contributed by atoms with Crippen molar-refractivity contribution in [3.05, 3.63) is 54.1 Å². The molecule has 0 atom stereocenters. The zero-order valence-corrected chi connectivity index (χ0v) is 12.8. The summed E-state index contributed by atoms with van der Waals surface area (Å²) in [6.45, 7) is 0.885. The fraction of sp³-hybridized carbons (Fsp3) is 0.222. The van der Waals surface area contributed by atoms with Crippen molar-refractivity contribution in [1.82, 2.24) is 15.2 Å². The van der Waals surface area contributed by atoms with Crippen LogP contribution in [0.5, 0.6) is 0 Å². The van der Waals surface area contributed by atoms with Crippen LogP contribution < -0.4 is 5.32 Å². The highest BCUT2D eigenvalue weighted by atomic mass is 16.1. The lowest BCUT2D eigenvalue weighted by atomic mass is 10.1. The highest BCUT2D eigenvalue weighted by Gasteiger charge is 2.07. The molecule has 1 amide bonds. The van der Waals surface area contributed by atoms with Gasteiger partial charge in [-0.3, -0.25) is 4.79 Å². The number of para-hydroxylation sites is 2. The Labute approximate surface area is 129 Å². The molecule has 4 nitrogen and oxygen atoms in total. The van der Waals surface area contributed by atoms with Crippen molar-refractivity contribution >= 4 is 27.7 Å². The van der Waals surface area contributed by atoms with Crippen molar-refractivity contribution in [2.75, 3.05) is 20.6 Å². The van der Waals surface area contributed by atoms with Crippen LogP contribution in [0.3, 0.4) is 0 Å². The van der Waals surface area contributed by atoms with Crippen LogP contribution in [0.2, 0.25) is 0 Å². The largest absolute Gasteiger partial charge is 0.351 e. The molecule has 0 saturated carbocycles. The van der Waals surface area contributed by atoms with Crippen molar-refractivity contribution in [2.24, 2.45) is 0 Å². The van der Waals surface area contributed by atoms with Gasteiger partial charge in [-0.1, -0.05) is 36.4 Å². The number of hydrogen-bond acceptors (Lipinski definition) is 3. The van der Waals surface area contributed by atoms with Crippen molar-refractivity contribution in [2.45, 2.75) is 6.54 Å². The van der Waals surface area contributed by atoms with E-state index in [0.717, 1.165) is 27.4 Å². The molecule has 3 aromatic rings. The maximum atomic E-state index is 11.8. The van der Waals surface area contributed by atoms with E-state index in [0.29, 0.717) is 13.1 Å². The predicted molar refractivity (Wildman–Crippen MR) is 89.6 cm³/mol. The molecule has 2 aromatic carbocycles. The minimum atomic E-state index is 0.0165. The van der Waals surface area contributed by atoms with Crippen molar-refractivity contribution in [3.8, 4) is 0 Å². The van der Waals surface area contributed by atoms with Gasteiger partial charge in [-0.15, -0.1) is 0 Å². The van der Waals surface area contributed by atoms with Crippen molar-refractivity contribution in [3.63, 3.8) is 0 Å². The Balaban J connectivity index is 1.92. The third kappa shape index (κ3) is 3.07. The second kappa shape index (κ2) is 6.12. The number of aromatic nitrogens is 1. The second-order valence-corrected chi connectivity index (χ2v) is 5.68. The lowest BCUT2D eigenvalue weighted by molar-refractivity contribution is -0.121. The number of rotatable bonds is 4. The first-order chi connectivity index (χ1) is 10.6. The van der Waals surface area contributed by atoms with Crippen LogP contribution in [0.1, 0.15) is 5.56 Å². The first kappa shape index (κ1) is 14.5. The Bertz CT molecular complexity index is 827. The molecule has 0 aliphatic rings. The SMILES string of the molecule is CN(C)CC(=O)NCc1cccc2cc3ccccc3nc12. The molecule has 22 heavy (non-hydrogen) atoms. The minimum absolute atomic E-state index is 0.0165. The summed E-state index contributed by atoms with van der Waals surface area (Å²) in [7, 11) is 3.76. The molecule has 4 heteroatoms. The molecular weight excluding hydrogens is 274 g/mol. The van der Waals surface area contributed by atoms with E-state index in [9.17, 15) is 4.79 Å². The summed E-state index contributed by atoms with van der Waals surface area (Å²) in [5.74, 6) is 0.0165. The molecule has 0 spiro atoms. The molecule has 1 N–H and O–H groups in total. The van der Waals surface area contributed by atoms with E-state index in [2.05, 4.69) is 23.5 Å². The van der Waals surface area contributed by atoms with Crippen LogP contribution in [-0.4, -0.2) is 36.4 Å². The number of nitrogens with one attached hydrogen (secondary N) is 1. The van der Waals surface area contributed by atoms with Crippen molar-refractivity contribution in [1.29, 1.82) is 0 Å². The molecule has 1 aromatic heterocycles. The molecule has 0 bridgehead atoms. The van der Waals surface area contributed by atoms with Gasteiger partial charge in [0.1, 0.15) is 0 Å². The molecule has 3 rings (SSSR count). The average Bonchev–Trinajstić information content (AvgIpc) is 2.50. The lowest BCUT2D eigenvalue weighted by Crippen LogP contribution is -2.32. The summed E-state index contributed by atoms with van der Waals surface area (Å²) < 4.78 is 0. The monoisotopic (exact) mass is 293 g/mol. The zero-order valence-electron chi connectivity index (χ0n) is 12.8. The smallest absolute Gasteiger partial charge is 0.234 e. The predicted octanol–water partition coefficient (Wildman–Crippen LogP) is 2.57. The highest BCUT2D eigenvalue weighted by Crippen LogP contribution is 2.22. The number of hydrogen-bond donors (Lipinski definition) is 1. The minimum Gasteiger partial charge on any atom is -0.351 e. The summed E-state index contributed by atoms with van der Waals surface area (Å²) in [4.78, 5) is 18.4. The van der Waals surface area contributed by atoms with E-state index in [4.69, 9.17) is 4.98 Å². The molecule has 0 fully saturated rings. The van der Waals surface area contributed by atoms with E-state index < -0.39 is 0 Å². The zero-order chi connectivity index (χ0) is 15.5. The fourth-order valence-electron chi connectivity index (χ4n) is 2.54. The number of pyridine rings is 1. The maximum absolute atomic E-state index is 11.8. The number of benzene rings is 2. The van der Waals surface area contributed by atoms with Gasteiger partial charge in [-0.05, 0) is 31.8 Å². The Morgan fingerprint density at radius 3 is 2.68 bits per heavy atom. The molecule has 0 aliphatic heterocycles. The van der Waals surface area contributed by atoms with E-state index in [-0.39, 0.29) is 5.91 Å². The molecule has 0 saturated heterocycles. The average molecular weight is 293 g/mol. The topological polar surface area (TPSA) is 45.2 Å².